The Bertz CT molecular complexity index is 1170. The smallest absolute Gasteiger partial charge is 0.368 e. The minimum atomic E-state index is -4.36. The standard InChI is InChI=1S/C24H23F3N4OS/c1-15-22-19(12-16(13-20(22)32)21-6-3-11-33-21)29-23(28-15)31-9-7-30(8-10-31)18-5-2-4-17(14-18)24(25,26)27/h2-6,11,14,16H,7-10,12-13H2,1H3/t16-/m1/s1. The summed E-state index contributed by atoms with van der Waals surface area (Å²) in [6.07, 6.45) is -3.17. The van der Waals surface area contributed by atoms with Crippen molar-refractivity contribution < 1.29 is 18.0 Å². The first-order chi connectivity index (χ1) is 15.8. The van der Waals surface area contributed by atoms with Gasteiger partial charge in [0.05, 0.1) is 22.5 Å². The molecule has 1 atom stereocenters. The summed E-state index contributed by atoms with van der Waals surface area (Å²) in [5.74, 6) is 0.826. The van der Waals surface area contributed by atoms with Crippen LogP contribution < -0.4 is 9.80 Å². The minimum Gasteiger partial charge on any atom is -0.368 e. The topological polar surface area (TPSA) is 49.3 Å². The van der Waals surface area contributed by atoms with Crippen LogP contribution in [0.5, 0.6) is 0 Å². The van der Waals surface area contributed by atoms with Crippen LogP contribution in [0.4, 0.5) is 24.8 Å². The summed E-state index contributed by atoms with van der Waals surface area (Å²) < 4.78 is 39.2. The SMILES string of the molecule is Cc1nc(N2CCN(c3cccc(C(F)(F)F)c3)CC2)nc2c1C(=O)C[C@H](c1cccs1)C2. The number of hydrogen-bond acceptors (Lipinski definition) is 6. The van der Waals surface area contributed by atoms with Gasteiger partial charge in [-0.3, -0.25) is 4.79 Å². The summed E-state index contributed by atoms with van der Waals surface area (Å²) in [6.45, 7) is 4.18. The molecule has 33 heavy (non-hydrogen) atoms. The molecule has 0 amide bonds. The number of piperazine rings is 1. The van der Waals surface area contributed by atoms with Gasteiger partial charge in [0.25, 0.3) is 0 Å². The van der Waals surface area contributed by atoms with Gasteiger partial charge in [-0.05, 0) is 43.0 Å². The molecule has 0 spiro atoms. The number of hydrogen-bond donors (Lipinski definition) is 0. The first kappa shape index (κ1) is 21.9. The van der Waals surface area contributed by atoms with Crippen molar-refractivity contribution in [2.75, 3.05) is 36.0 Å². The van der Waals surface area contributed by atoms with E-state index in [4.69, 9.17) is 4.98 Å². The van der Waals surface area contributed by atoms with E-state index in [0.29, 0.717) is 61.9 Å². The van der Waals surface area contributed by atoms with Crippen molar-refractivity contribution in [3.05, 3.63) is 69.2 Å². The first-order valence-electron chi connectivity index (χ1n) is 10.9. The zero-order valence-electron chi connectivity index (χ0n) is 18.1. The molecule has 1 saturated heterocycles. The molecule has 1 fully saturated rings. The number of Topliss-reactive ketones (excluding diaryl/α,β-unsaturated/α-hetero) is 1. The Hall–Kier alpha value is -2.94. The lowest BCUT2D eigenvalue weighted by Crippen LogP contribution is -2.47. The summed E-state index contributed by atoms with van der Waals surface area (Å²) in [6, 6.07) is 9.51. The zero-order valence-corrected chi connectivity index (χ0v) is 18.9. The third-order valence-corrected chi connectivity index (χ3v) is 7.38. The Morgan fingerprint density at radius 2 is 1.76 bits per heavy atom. The maximum absolute atomic E-state index is 13.1. The summed E-state index contributed by atoms with van der Waals surface area (Å²) in [5, 5.41) is 2.02. The number of carbonyl (C=O) groups is 1. The second-order valence-corrected chi connectivity index (χ2v) is 9.48. The largest absolute Gasteiger partial charge is 0.416 e. The van der Waals surface area contributed by atoms with Crippen molar-refractivity contribution in [1.82, 2.24) is 9.97 Å². The highest BCUT2D eigenvalue weighted by Gasteiger charge is 2.33. The quantitative estimate of drug-likeness (QED) is 0.531. The van der Waals surface area contributed by atoms with E-state index in [0.717, 1.165) is 11.8 Å². The molecule has 1 aromatic carbocycles. The van der Waals surface area contributed by atoms with E-state index in [1.165, 1.54) is 17.0 Å². The number of alkyl halides is 3. The number of anilines is 2. The molecule has 0 bridgehead atoms. The monoisotopic (exact) mass is 472 g/mol. The molecule has 0 radical (unpaired) electrons. The van der Waals surface area contributed by atoms with Crippen LogP contribution in [0, 0.1) is 6.92 Å². The molecule has 3 aromatic rings. The lowest BCUT2D eigenvalue weighted by molar-refractivity contribution is -0.137. The van der Waals surface area contributed by atoms with Crippen molar-refractivity contribution in [3.8, 4) is 0 Å². The summed E-state index contributed by atoms with van der Waals surface area (Å²) >= 11 is 1.66. The number of rotatable bonds is 3. The zero-order chi connectivity index (χ0) is 23.2. The number of ketones is 1. The lowest BCUT2D eigenvalue weighted by Gasteiger charge is -2.37. The fourth-order valence-corrected chi connectivity index (χ4v) is 5.50. The van der Waals surface area contributed by atoms with E-state index in [-0.39, 0.29) is 11.7 Å². The normalized spacial score (nSPS) is 19.0. The number of halogens is 3. The van der Waals surface area contributed by atoms with E-state index >= 15 is 0 Å². The molecule has 9 heteroatoms. The van der Waals surface area contributed by atoms with Crippen LogP contribution in [0.1, 0.15) is 44.5 Å². The average molecular weight is 473 g/mol. The second-order valence-electron chi connectivity index (χ2n) is 8.50. The van der Waals surface area contributed by atoms with Gasteiger partial charge in [0.15, 0.2) is 5.78 Å². The van der Waals surface area contributed by atoms with Crippen LogP contribution in [-0.4, -0.2) is 41.9 Å². The first-order valence-corrected chi connectivity index (χ1v) is 11.8. The highest BCUT2D eigenvalue weighted by Crippen LogP contribution is 2.36. The van der Waals surface area contributed by atoms with Crippen molar-refractivity contribution in [2.24, 2.45) is 0 Å². The Kier molecular flexibility index (Phi) is 5.60. The predicted molar refractivity (Wildman–Crippen MR) is 122 cm³/mol. The van der Waals surface area contributed by atoms with Crippen molar-refractivity contribution in [1.29, 1.82) is 0 Å². The van der Waals surface area contributed by atoms with Gasteiger partial charge in [-0.25, -0.2) is 9.97 Å². The molecule has 0 saturated carbocycles. The number of nitrogens with zero attached hydrogens (tertiary/aromatic N) is 4. The van der Waals surface area contributed by atoms with E-state index in [1.54, 1.807) is 17.4 Å². The Morgan fingerprint density at radius 1 is 1.00 bits per heavy atom. The van der Waals surface area contributed by atoms with Crippen LogP contribution in [0.2, 0.25) is 0 Å². The van der Waals surface area contributed by atoms with E-state index in [2.05, 4.69) is 16.0 Å². The molecule has 1 aliphatic heterocycles. The van der Waals surface area contributed by atoms with Crippen molar-refractivity contribution in [2.45, 2.75) is 31.9 Å². The summed E-state index contributed by atoms with van der Waals surface area (Å²) in [5.41, 5.74) is 2.07. The molecular formula is C24H23F3N4OS. The molecule has 0 unspecified atom stereocenters. The average Bonchev–Trinajstić information content (AvgIpc) is 3.33. The second kappa shape index (κ2) is 8.44. The van der Waals surface area contributed by atoms with Gasteiger partial charge >= 0.3 is 6.18 Å². The molecule has 2 aliphatic rings. The lowest BCUT2D eigenvalue weighted by atomic mass is 9.84. The van der Waals surface area contributed by atoms with Gasteiger partial charge in [-0.15, -0.1) is 11.3 Å². The Labute approximate surface area is 193 Å². The van der Waals surface area contributed by atoms with Gasteiger partial charge in [0, 0.05) is 49.1 Å². The van der Waals surface area contributed by atoms with Crippen LogP contribution in [0.25, 0.3) is 0 Å². The molecule has 5 rings (SSSR count). The van der Waals surface area contributed by atoms with E-state index in [9.17, 15) is 18.0 Å². The molecule has 172 valence electrons. The molecule has 3 heterocycles. The van der Waals surface area contributed by atoms with Crippen molar-refractivity contribution >= 4 is 28.8 Å². The maximum Gasteiger partial charge on any atom is 0.416 e. The number of aromatic nitrogens is 2. The van der Waals surface area contributed by atoms with Crippen LogP contribution >= 0.6 is 11.3 Å². The number of carbonyl (C=O) groups excluding carboxylic acids is 1. The molecule has 5 nitrogen and oxygen atoms in total. The fraction of sp³-hybridized carbons (Fsp3) is 0.375. The van der Waals surface area contributed by atoms with Gasteiger partial charge in [-0.2, -0.15) is 13.2 Å². The molecule has 2 aromatic heterocycles. The van der Waals surface area contributed by atoms with Gasteiger partial charge in [0.1, 0.15) is 0 Å². The van der Waals surface area contributed by atoms with Gasteiger partial charge in [-0.1, -0.05) is 12.1 Å². The third-order valence-electron chi connectivity index (χ3n) is 6.35. The summed E-state index contributed by atoms with van der Waals surface area (Å²) in [7, 11) is 0. The maximum atomic E-state index is 13.1. The fourth-order valence-electron chi connectivity index (χ4n) is 4.67. The predicted octanol–water partition coefficient (Wildman–Crippen LogP) is 5.10. The number of thiophene rings is 1. The Balaban J connectivity index is 1.33. The number of benzene rings is 1. The molecule has 0 N–H and O–H groups in total. The molecular weight excluding hydrogens is 449 g/mol. The highest BCUT2D eigenvalue weighted by atomic mass is 32.1. The minimum absolute atomic E-state index is 0.0908. The van der Waals surface area contributed by atoms with Crippen molar-refractivity contribution in [3.63, 3.8) is 0 Å². The number of fused-ring (bicyclic) bond motifs is 1. The van der Waals surface area contributed by atoms with E-state index in [1.807, 2.05) is 23.3 Å². The summed E-state index contributed by atoms with van der Waals surface area (Å²) in [4.78, 5) is 27.4. The number of aryl methyl sites for hydroxylation is 1. The van der Waals surface area contributed by atoms with E-state index < -0.39 is 11.7 Å². The van der Waals surface area contributed by atoms with Gasteiger partial charge in [0.2, 0.25) is 5.95 Å². The molecule has 1 aliphatic carbocycles. The van der Waals surface area contributed by atoms with Crippen LogP contribution in [0.15, 0.2) is 41.8 Å². The Morgan fingerprint density at radius 3 is 2.45 bits per heavy atom. The highest BCUT2D eigenvalue weighted by molar-refractivity contribution is 7.10. The van der Waals surface area contributed by atoms with Crippen LogP contribution in [0.3, 0.4) is 0 Å². The third kappa shape index (κ3) is 4.34. The van der Waals surface area contributed by atoms with Gasteiger partial charge < -0.3 is 9.80 Å². The van der Waals surface area contributed by atoms with Crippen LogP contribution in [-0.2, 0) is 12.6 Å².